The minimum Gasteiger partial charge on any atom is -0.195 e. The van der Waals surface area contributed by atoms with Gasteiger partial charge in [0.2, 0.25) is 6.04 Å². The van der Waals surface area contributed by atoms with Crippen molar-refractivity contribution in [2.24, 2.45) is 5.18 Å². The molecule has 3 nitrogen and oxygen atoms in total. The van der Waals surface area contributed by atoms with Crippen LogP contribution in [-0.2, 0) is 0 Å². The van der Waals surface area contributed by atoms with E-state index in [1.807, 2.05) is 25.1 Å². The molecule has 1 aromatic rings. The molecule has 0 aromatic heterocycles. The first-order valence-corrected chi connectivity index (χ1v) is 3.57. The Bertz CT molecular complexity index is 328. The van der Waals surface area contributed by atoms with Crippen LogP contribution >= 0.6 is 0 Å². The number of nitrogens with zero attached hydrogens (tertiary/aromatic N) is 2. The van der Waals surface area contributed by atoms with Gasteiger partial charge in [-0.1, -0.05) is 24.3 Å². The highest BCUT2D eigenvalue weighted by Gasteiger charge is 2.11. The fourth-order valence-electron chi connectivity index (χ4n) is 1.04. The third-order valence-corrected chi connectivity index (χ3v) is 1.71. The van der Waals surface area contributed by atoms with Crippen molar-refractivity contribution in [1.82, 2.24) is 0 Å². The molecule has 1 unspecified atom stereocenters. The quantitative estimate of drug-likeness (QED) is 0.623. The molecule has 0 heterocycles. The minimum atomic E-state index is -0.869. The molecule has 0 aliphatic rings. The van der Waals surface area contributed by atoms with Gasteiger partial charge in [-0.2, -0.15) is 5.26 Å². The van der Waals surface area contributed by atoms with E-state index in [1.54, 1.807) is 12.1 Å². The molecule has 0 saturated heterocycles. The molecule has 0 bridgehead atoms. The molecule has 1 rings (SSSR count). The maximum absolute atomic E-state index is 10.2. The molecule has 0 N–H and O–H groups in total. The third-order valence-electron chi connectivity index (χ3n) is 1.71. The Kier molecular flexibility index (Phi) is 2.54. The maximum atomic E-state index is 10.2. The lowest BCUT2D eigenvalue weighted by molar-refractivity contribution is 0.905. The average molecular weight is 160 g/mol. The topological polar surface area (TPSA) is 53.2 Å². The Hall–Kier alpha value is -1.69. The van der Waals surface area contributed by atoms with Crippen molar-refractivity contribution in [3.63, 3.8) is 0 Å². The predicted molar refractivity (Wildman–Crippen MR) is 45.3 cm³/mol. The molecule has 0 spiro atoms. The number of rotatable bonds is 2. The van der Waals surface area contributed by atoms with Crippen LogP contribution in [0.1, 0.15) is 17.2 Å². The van der Waals surface area contributed by atoms with E-state index in [2.05, 4.69) is 5.18 Å². The second-order valence-corrected chi connectivity index (χ2v) is 2.49. The van der Waals surface area contributed by atoms with Crippen LogP contribution < -0.4 is 0 Å². The van der Waals surface area contributed by atoms with Crippen LogP contribution in [0.25, 0.3) is 0 Å². The Morgan fingerprint density at radius 3 is 2.67 bits per heavy atom. The smallest absolute Gasteiger partial charge is 0.195 e. The predicted octanol–water partition coefficient (Wildman–Crippen LogP) is 2.33. The van der Waals surface area contributed by atoms with Crippen molar-refractivity contribution in [3.8, 4) is 6.07 Å². The fourth-order valence-corrected chi connectivity index (χ4v) is 1.04. The van der Waals surface area contributed by atoms with Gasteiger partial charge < -0.3 is 0 Å². The zero-order chi connectivity index (χ0) is 8.97. The second-order valence-electron chi connectivity index (χ2n) is 2.49. The van der Waals surface area contributed by atoms with Gasteiger partial charge in [-0.3, -0.25) is 0 Å². The summed E-state index contributed by atoms with van der Waals surface area (Å²) in [5, 5.41) is 11.3. The van der Waals surface area contributed by atoms with E-state index in [0.717, 1.165) is 5.56 Å². The SMILES string of the molecule is Cc1ccccc1C(C#N)N=O. The normalized spacial score (nSPS) is 11.7. The molecule has 3 heteroatoms. The van der Waals surface area contributed by atoms with Gasteiger partial charge in [-0.15, -0.1) is 4.91 Å². The average Bonchev–Trinajstić information content (AvgIpc) is 2.10. The molecule has 1 aromatic carbocycles. The van der Waals surface area contributed by atoms with Gasteiger partial charge in [0, 0.05) is 0 Å². The first-order chi connectivity index (χ1) is 5.79. The Balaban J connectivity index is 3.10. The number of aryl methyl sites for hydroxylation is 1. The van der Waals surface area contributed by atoms with Crippen molar-refractivity contribution in [1.29, 1.82) is 5.26 Å². The summed E-state index contributed by atoms with van der Waals surface area (Å²) in [5.41, 5.74) is 1.61. The minimum absolute atomic E-state index is 0.690. The Morgan fingerprint density at radius 2 is 2.17 bits per heavy atom. The lowest BCUT2D eigenvalue weighted by Crippen LogP contribution is -1.93. The highest BCUT2D eigenvalue weighted by Crippen LogP contribution is 2.19. The number of hydrogen-bond donors (Lipinski definition) is 0. The van der Waals surface area contributed by atoms with Crippen LogP contribution in [0.5, 0.6) is 0 Å². The first kappa shape index (κ1) is 8.41. The summed E-state index contributed by atoms with van der Waals surface area (Å²) in [7, 11) is 0. The number of nitroso groups, excluding NO2 is 1. The van der Waals surface area contributed by atoms with Crippen LogP contribution in [0, 0.1) is 23.2 Å². The Labute approximate surface area is 70.6 Å². The van der Waals surface area contributed by atoms with Crippen molar-refractivity contribution in [3.05, 3.63) is 40.3 Å². The summed E-state index contributed by atoms with van der Waals surface area (Å²) < 4.78 is 0. The molecule has 0 amide bonds. The molecule has 0 aliphatic heterocycles. The van der Waals surface area contributed by atoms with E-state index in [9.17, 15) is 4.91 Å². The second kappa shape index (κ2) is 3.63. The fraction of sp³-hybridized carbons (Fsp3) is 0.222. The van der Waals surface area contributed by atoms with Gasteiger partial charge in [-0.25, -0.2) is 0 Å². The van der Waals surface area contributed by atoms with Crippen molar-refractivity contribution in [2.75, 3.05) is 0 Å². The van der Waals surface area contributed by atoms with Crippen molar-refractivity contribution >= 4 is 0 Å². The first-order valence-electron chi connectivity index (χ1n) is 3.57. The highest BCUT2D eigenvalue weighted by molar-refractivity contribution is 5.32. The molecular weight excluding hydrogens is 152 g/mol. The van der Waals surface area contributed by atoms with E-state index in [1.165, 1.54) is 0 Å². The monoisotopic (exact) mass is 160 g/mol. The maximum Gasteiger partial charge on any atom is 0.203 e. The largest absolute Gasteiger partial charge is 0.203 e. The molecule has 0 aliphatic carbocycles. The number of nitriles is 1. The standard InChI is InChI=1S/C9H8N2O/c1-7-4-2-3-5-8(7)9(6-10)11-12/h2-5,9H,1H3. The molecule has 12 heavy (non-hydrogen) atoms. The third kappa shape index (κ3) is 1.48. The summed E-state index contributed by atoms with van der Waals surface area (Å²) in [6.45, 7) is 1.85. The van der Waals surface area contributed by atoms with Crippen LogP contribution in [0.15, 0.2) is 29.4 Å². The van der Waals surface area contributed by atoms with Crippen molar-refractivity contribution in [2.45, 2.75) is 13.0 Å². The molecular formula is C9H8N2O. The van der Waals surface area contributed by atoms with E-state index < -0.39 is 6.04 Å². The van der Waals surface area contributed by atoms with Crippen LogP contribution in [0.3, 0.4) is 0 Å². The highest BCUT2D eigenvalue weighted by atomic mass is 16.3. The summed E-state index contributed by atoms with van der Waals surface area (Å²) in [4.78, 5) is 10.2. The molecule has 0 radical (unpaired) electrons. The van der Waals surface area contributed by atoms with Gasteiger partial charge in [0.1, 0.15) is 0 Å². The Morgan fingerprint density at radius 1 is 1.50 bits per heavy atom. The summed E-state index contributed by atoms with van der Waals surface area (Å²) >= 11 is 0. The summed E-state index contributed by atoms with van der Waals surface area (Å²) in [6, 6.07) is 8.20. The number of benzene rings is 1. The molecule has 0 saturated carbocycles. The zero-order valence-corrected chi connectivity index (χ0v) is 6.69. The van der Waals surface area contributed by atoms with Crippen LogP contribution in [-0.4, -0.2) is 0 Å². The molecule has 60 valence electrons. The lowest BCUT2D eigenvalue weighted by Gasteiger charge is -2.03. The van der Waals surface area contributed by atoms with Gasteiger partial charge >= 0.3 is 0 Å². The van der Waals surface area contributed by atoms with Crippen molar-refractivity contribution < 1.29 is 0 Å². The van der Waals surface area contributed by atoms with Crippen LogP contribution in [0.4, 0.5) is 0 Å². The van der Waals surface area contributed by atoms with E-state index in [0.29, 0.717) is 5.56 Å². The van der Waals surface area contributed by atoms with Gasteiger partial charge in [0.15, 0.2) is 0 Å². The zero-order valence-electron chi connectivity index (χ0n) is 6.69. The summed E-state index contributed by atoms with van der Waals surface area (Å²) in [6.07, 6.45) is 0. The van der Waals surface area contributed by atoms with E-state index in [-0.39, 0.29) is 0 Å². The van der Waals surface area contributed by atoms with E-state index in [4.69, 9.17) is 5.26 Å². The van der Waals surface area contributed by atoms with E-state index >= 15 is 0 Å². The van der Waals surface area contributed by atoms with Gasteiger partial charge in [-0.05, 0) is 23.2 Å². The summed E-state index contributed by atoms with van der Waals surface area (Å²) in [5.74, 6) is 0. The van der Waals surface area contributed by atoms with Gasteiger partial charge in [0.05, 0.1) is 6.07 Å². The van der Waals surface area contributed by atoms with Gasteiger partial charge in [0.25, 0.3) is 0 Å². The molecule has 0 fully saturated rings. The lowest BCUT2D eigenvalue weighted by atomic mass is 10.0. The number of hydrogen-bond acceptors (Lipinski definition) is 3. The van der Waals surface area contributed by atoms with Crippen LogP contribution in [0.2, 0.25) is 0 Å². The molecule has 1 atom stereocenters.